The third kappa shape index (κ3) is 2.83. The minimum Gasteiger partial charge on any atom is -0.508 e. The summed E-state index contributed by atoms with van der Waals surface area (Å²) < 4.78 is 5.45. The first-order valence-corrected chi connectivity index (χ1v) is 7.89. The Morgan fingerprint density at radius 1 is 1.05 bits per heavy atom. The standard InChI is InChI=1S/C17H23NO3/c19-15-6-4-14(5-7-15)16(20)17(8-2-1-3-9-17)18-10-12-21-13-11-18/h4-7,19H,1-3,8-13H2. The second-order valence-electron chi connectivity index (χ2n) is 6.07. The Balaban J connectivity index is 1.90. The molecular weight excluding hydrogens is 266 g/mol. The zero-order chi connectivity index (χ0) is 14.7. The highest BCUT2D eigenvalue weighted by molar-refractivity contribution is 6.03. The Morgan fingerprint density at radius 3 is 2.29 bits per heavy atom. The number of hydrogen-bond donors (Lipinski definition) is 1. The maximum absolute atomic E-state index is 13.2. The predicted molar refractivity (Wildman–Crippen MR) is 80.6 cm³/mol. The summed E-state index contributed by atoms with van der Waals surface area (Å²) in [6.07, 6.45) is 5.32. The summed E-state index contributed by atoms with van der Waals surface area (Å²) in [6, 6.07) is 6.69. The van der Waals surface area contributed by atoms with Crippen molar-refractivity contribution in [2.24, 2.45) is 0 Å². The summed E-state index contributed by atoms with van der Waals surface area (Å²) in [5.41, 5.74) is 0.347. The lowest BCUT2D eigenvalue weighted by atomic mass is 9.75. The van der Waals surface area contributed by atoms with E-state index in [9.17, 15) is 9.90 Å². The van der Waals surface area contributed by atoms with E-state index < -0.39 is 0 Å². The highest BCUT2D eigenvalue weighted by atomic mass is 16.5. The second-order valence-corrected chi connectivity index (χ2v) is 6.07. The number of morpholine rings is 1. The van der Waals surface area contributed by atoms with Gasteiger partial charge in [-0.05, 0) is 37.1 Å². The molecule has 21 heavy (non-hydrogen) atoms. The molecule has 0 spiro atoms. The predicted octanol–water partition coefficient (Wildman–Crippen LogP) is 2.61. The number of carbonyl (C=O) groups excluding carboxylic acids is 1. The topological polar surface area (TPSA) is 49.8 Å². The van der Waals surface area contributed by atoms with Gasteiger partial charge in [0, 0.05) is 18.7 Å². The molecule has 2 fully saturated rings. The molecule has 2 aliphatic rings. The number of phenolic OH excluding ortho intramolecular Hbond substituents is 1. The van der Waals surface area contributed by atoms with Crippen LogP contribution in [0.5, 0.6) is 5.75 Å². The molecule has 1 aliphatic carbocycles. The number of aromatic hydroxyl groups is 1. The molecule has 4 nitrogen and oxygen atoms in total. The number of ether oxygens (including phenoxy) is 1. The lowest BCUT2D eigenvalue weighted by Gasteiger charge is -2.46. The van der Waals surface area contributed by atoms with Crippen LogP contribution in [-0.2, 0) is 4.74 Å². The maximum Gasteiger partial charge on any atom is 0.183 e. The first-order valence-electron chi connectivity index (χ1n) is 7.89. The van der Waals surface area contributed by atoms with Gasteiger partial charge in [-0.3, -0.25) is 9.69 Å². The average Bonchev–Trinajstić information content (AvgIpc) is 2.56. The number of hydrogen-bond acceptors (Lipinski definition) is 4. The van der Waals surface area contributed by atoms with Gasteiger partial charge in [0.2, 0.25) is 0 Å². The van der Waals surface area contributed by atoms with Gasteiger partial charge < -0.3 is 9.84 Å². The number of Topliss-reactive ketones (excluding diaryl/α,β-unsaturated/α-hetero) is 1. The molecule has 0 atom stereocenters. The highest BCUT2D eigenvalue weighted by Gasteiger charge is 2.45. The van der Waals surface area contributed by atoms with Crippen molar-refractivity contribution in [1.29, 1.82) is 0 Å². The van der Waals surface area contributed by atoms with E-state index in [1.54, 1.807) is 24.3 Å². The van der Waals surface area contributed by atoms with Crippen molar-refractivity contribution >= 4 is 5.78 Å². The van der Waals surface area contributed by atoms with Gasteiger partial charge in [0.25, 0.3) is 0 Å². The van der Waals surface area contributed by atoms with Crippen LogP contribution >= 0.6 is 0 Å². The molecule has 1 aliphatic heterocycles. The van der Waals surface area contributed by atoms with Gasteiger partial charge in [0.15, 0.2) is 5.78 Å². The Labute approximate surface area is 125 Å². The van der Waals surface area contributed by atoms with Crippen LogP contribution < -0.4 is 0 Å². The van der Waals surface area contributed by atoms with Gasteiger partial charge >= 0.3 is 0 Å². The van der Waals surface area contributed by atoms with E-state index in [0.717, 1.165) is 38.8 Å². The first-order chi connectivity index (χ1) is 10.2. The van der Waals surface area contributed by atoms with Gasteiger partial charge in [0.1, 0.15) is 5.75 Å². The normalized spacial score (nSPS) is 22.9. The minimum absolute atomic E-state index is 0.204. The molecule has 3 rings (SSSR count). The number of phenols is 1. The van der Waals surface area contributed by atoms with Gasteiger partial charge in [-0.15, -0.1) is 0 Å². The van der Waals surface area contributed by atoms with Crippen molar-refractivity contribution in [2.75, 3.05) is 26.3 Å². The van der Waals surface area contributed by atoms with E-state index in [0.29, 0.717) is 18.8 Å². The third-order valence-corrected chi connectivity index (χ3v) is 4.85. The number of rotatable bonds is 3. The summed E-state index contributed by atoms with van der Waals surface area (Å²) in [5, 5.41) is 9.42. The number of ketones is 1. The summed E-state index contributed by atoms with van der Waals surface area (Å²) in [4.78, 5) is 15.5. The second kappa shape index (κ2) is 6.16. The molecule has 1 aromatic rings. The first kappa shape index (κ1) is 14.5. The van der Waals surface area contributed by atoms with Gasteiger partial charge in [0.05, 0.1) is 18.8 Å². The highest BCUT2D eigenvalue weighted by Crippen LogP contribution is 2.37. The van der Waals surface area contributed by atoms with Crippen LogP contribution in [-0.4, -0.2) is 47.6 Å². The van der Waals surface area contributed by atoms with E-state index in [-0.39, 0.29) is 17.1 Å². The van der Waals surface area contributed by atoms with E-state index >= 15 is 0 Å². The van der Waals surface area contributed by atoms with Crippen LogP contribution in [0.3, 0.4) is 0 Å². The Bertz CT molecular complexity index is 485. The van der Waals surface area contributed by atoms with Crippen molar-refractivity contribution in [3.63, 3.8) is 0 Å². The number of carbonyl (C=O) groups is 1. The summed E-state index contributed by atoms with van der Waals surface area (Å²) in [5.74, 6) is 0.416. The maximum atomic E-state index is 13.2. The summed E-state index contributed by atoms with van der Waals surface area (Å²) >= 11 is 0. The minimum atomic E-state index is -0.362. The lowest BCUT2D eigenvalue weighted by Crippen LogP contribution is -2.59. The molecule has 0 aromatic heterocycles. The summed E-state index contributed by atoms with van der Waals surface area (Å²) in [7, 11) is 0. The number of nitrogens with zero attached hydrogens (tertiary/aromatic N) is 1. The van der Waals surface area contributed by atoms with E-state index in [1.807, 2.05) is 0 Å². The molecule has 0 amide bonds. The van der Waals surface area contributed by atoms with Crippen LogP contribution in [0.2, 0.25) is 0 Å². The quantitative estimate of drug-likeness (QED) is 0.869. The van der Waals surface area contributed by atoms with E-state index in [1.165, 1.54) is 6.42 Å². The average molecular weight is 289 g/mol. The molecular formula is C17H23NO3. The lowest BCUT2D eigenvalue weighted by molar-refractivity contribution is -0.0264. The molecule has 0 bridgehead atoms. The fraction of sp³-hybridized carbons (Fsp3) is 0.588. The van der Waals surface area contributed by atoms with Gasteiger partial charge in [-0.25, -0.2) is 0 Å². The zero-order valence-corrected chi connectivity index (χ0v) is 12.4. The van der Waals surface area contributed by atoms with Crippen LogP contribution in [0.25, 0.3) is 0 Å². The van der Waals surface area contributed by atoms with Crippen LogP contribution in [0, 0.1) is 0 Å². The molecule has 4 heteroatoms. The summed E-state index contributed by atoms with van der Waals surface area (Å²) in [6.45, 7) is 3.10. The van der Waals surface area contributed by atoms with Gasteiger partial charge in [-0.2, -0.15) is 0 Å². The van der Waals surface area contributed by atoms with E-state index in [4.69, 9.17) is 4.74 Å². The molecule has 114 valence electrons. The Hall–Kier alpha value is -1.39. The SMILES string of the molecule is O=C(c1ccc(O)cc1)C1(N2CCOCC2)CCCCC1. The van der Waals surface area contributed by atoms with Crippen molar-refractivity contribution in [2.45, 2.75) is 37.6 Å². The van der Waals surface area contributed by atoms with Crippen molar-refractivity contribution in [3.8, 4) is 5.75 Å². The fourth-order valence-corrected chi connectivity index (χ4v) is 3.70. The monoisotopic (exact) mass is 289 g/mol. The van der Waals surface area contributed by atoms with Crippen molar-refractivity contribution < 1.29 is 14.6 Å². The fourth-order valence-electron chi connectivity index (χ4n) is 3.70. The van der Waals surface area contributed by atoms with Crippen molar-refractivity contribution in [3.05, 3.63) is 29.8 Å². The molecule has 1 saturated heterocycles. The molecule has 1 aromatic carbocycles. The van der Waals surface area contributed by atoms with Crippen LogP contribution in [0.4, 0.5) is 0 Å². The van der Waals surface area contributed by atoms with Crippen molar-refractivity contribution in [1.82, 2.24) is 4.90 Å². The van der Waals surface area contributed by atoms with Gasteiger partial charge in [-0.1, -0.05) is 19.3 Å². The third-order valence-electron chi connectivity index (χ3n) is 4.85. The van der Waals surface area contributed by atoms with E-state index in [2.05, 4.69) is 4.90 Å². The molecule has 1 heterocycles. The molecule has 1 saturated carbocycles. The largest absolute Gasteiger partial charge is 0.508 e. The zero-order valence-electron chi connectivity index (χ0n) is 12.4. The molecule has 0 radical (unpaired) electrons. The Morgan fingerprint density at radius 2 is 1.67 bits per heavy atom. The Kier molecular flexibility index (Phi) is 4.27. The smallest absolute Gasteiger partial charge is 0.183 e. The van der Waals surface area contributed by atoms with Crippen LogP contribution in [0.1, 0.15) is 42.5 Å². The number of benzene rings is 1. The molecule has 0 unspecified atom stereocenters. The van der Waals surface area contributed by atoms with Crippen LogP contribution in [0.15, 0.2) is 24.3 Å². The molecule has 1 N–H and O–H groups in total.